The molecule has 0 bridgehead atoms. The maximum atomic E-state index is 12.5. The van der Waals surface area contributed by atoms with E-state index in [0.717, 1.165) is 29.0 Å². The first-order chi connectivity index (χ1) is 13.3. The normalized spacial score (nSPS) is 15.4. The van der Waals surface area contributed by atoms with Gasteiger partial charge < -0.3 is 10.1 Å². The van der Waals surface area contributed by atoms with E-state index in [4.69, 9.17) is 4.74 Å². The molecule has 0 atom stereocenters. The van der Waals surface area contributed by atoms with Crippen LogP contribution in [0.3, 0.4) is 0 Å². The Labute approximate surface area is 164 Å². The van der Waals surface area contributed by atoms with E-state index in [1.54, 1.807) is 0 Å². The average molecular weight is 380 g/mol. The molecule has 1 aromatic heterocycles. The zero-order valence-electron chi connectivity index (χ0n) is 15.4. The molecule has 1 saturated carbocycles. The van der Waals surface area contributed by atoms with E-state index < -0.39 is 0 Å². The second-order valence-corrected chi connectivity index (χ2v) is 8.19. The summed E-state index contributed by atoms with van der Waals surface area (Å²) >= 11 is 1.50. The molecule has 1 fully saturated rings. The van der Waals surface area contributed by atoms with Gasteiger partial charge in [-0.3, -0.25) is 4.79 Å². The van der Waals surface area contributed by atoms with Gasteiger partial charge in [-0.2, -0.15) is 0 Å². The zero-order chi connectivity index (χ0) is 18.5. The molecule has 0 aliphatic heterocycles. The van der Waals surface area contributed by atoms with Crippen molar-refractivity contribution in [1.82, 2.24) is 5.32 Å². The number of carbonyl (C=O) groups excluding carboxylic acids is 1. The van der Waals surface area contributed by atoms with Crippen molar-refractivity contribution in [1.29, 1.82) is 0 Å². The summed E-state index contributed by atoms with van der Waals surface area (Å²) in [6.07, 6.45) is 7.24. The van der Waals surface area contributed by atoms with Crippen LogP contribution in [-0.4, -0.2) is 11.9 Å². The van der Waals surface area contributed by atoms with Gasteiger partial charge >= 0.3 is 0 Å². The lowest BCUT2D eigenvalue weighted by Crippen LogP contribution is -2.33. The SMILES string of the molecule is O=C(NC1CCCCCC1)c1cc(COc2ccc3ccccc3c2)cs1. The average Bonchev–Trinajstić information content (AvgIpc) is 3.03. The number of carbonyl (C=O) groups is 1. The van der Waals surface area contributed by atoms with E-state index in [-0.39, 0.29) is 5.91 Å². The lowest BCUT2D eigenvalue weighted by atomic mass is 10.1. The number of hydrogen-bond donors (Lipinski definition) is 1. The molecule has 0 unspecified atom stereocenters. The standard InChI is InChI=1S/C23H25NO2S/c25-23(24-20-9-3-1-2-4-10-20)22-13-17(16-27-22)15-26-21-12-11-18-7-5-6-8-19(18)14-21/h5-8,11-14,16,20H,1-4,9-10,15H2,(H,24,25). The largest absolute Gasteiger partial charge is 0.489 e. The lowest BCUT2D eigenvalue weighted by molar-refractivity contribution is 0.0937. The molecule has 1 heterocycles. The minimum Gasteiger partial charge on any atom is -0.489 e. The Morgan fingerprint density at radius 3 is 2.59 bits per heavy atom. The van der Waals surface area contributed by atoms with Crippen molar-refractivity contribution in [2.24, 2.45) is 0 Å². The third-order valence-corrected chi connectivity index (χ3v) is 6.17. The first kappa shape index (κ1) is 18.1. The van der Waals surface area contributed by atoms with Crippen molar-refractivity contribution in [3.05, 3.63) is 64.4 Å². The molecule has 140 valence electrons. The van der Waals surface area contributed by atoms with Crippen LogP contribution in [0.2, 0.25) is 0 Å². The van der Waals surface area contributed by atoms with Crippen molar-refractivity contribution in [2.75, 3.05) is 0 Å². The van der Waals surface area contributed by atoms with Crippen LogP contribution < -0.4 is 10.1 Å². The molecule has 27 heavy (non-hydrogen) atoms. The van der Waals surface area contributed by atoms with Crippen LogP contribution in [-0.2, 0) is 6.61 Å². The van der Waals surface area contributed by atoms with Crippen LogP contribution in [0.5, 0.6) is 5.75 Å². The third-order valence-electron chi connectivity index (χ3n) is 5.19. The first-order valence-electron chi connectivity index (χ1n) is 9.78. The second-order valence-electron chi connectivity index (χ2n) is 7.28. The van der Waals surface area contributed by atoms with Gasteiger partial charge in [0.15, 0.2) is 0 Å². The van der Waals surface area contributed by atoms with Crippen LogP contribution in [0.4, 0.5) is 0 Å². The minimum absolute atomic E-state index is 0.0591. The molecule has 0 spiro atoms. The van der Waals surface area contributed by atoms with Crippen LogP contribution >= 0.6 is 11.3 Å². The minimum atomic E-state index is 0.0591. The van der Waals surface area contributed by atoms with Crippen molar-refractivity contribution in [3.63, 3.8) is 0 Å². The highest BCUT2D eigenvalue weighted by Crippen LogP contribution is 2.23. The molecule has 1 aliphatic carbocycles. The predicted molar refractivity (Wildman–Crippen MR) is 112 cm³/mol. The Bertz CT molecular complexity index is 909. The third kappa shape index (κ3) is 4.69. The Morgan fingerprint density at radius 2 is 1.78 bits per heavy atom. The summed E-state index contributed by atoms with van der Waals surface area (Å²) in [7, 11) is 0. The molecule has 1 N–H and O–H groups in total. The van der Waals surface area contributed by atoms with Crippen molar-refractivity contribution >= 4 is 28.0 Å². The van der Waals surface area contributed by atoms with E-state index >= 15 is 0 Å². The molecule has 4 heteroatoms. The van der Waals surface area contributed by atoms with Gasteiger partial charge in [0.25, 0.3) is 5.91 Å². The number of ether oxygens (including phenoxy) is 1. The summed E-state index contributed by atoms with van der Waals surface area (Å²) in [5.41, 5.74) is 1.04. The maximum Gasteiger partial charge on any atom is 0.261 e. The van der Waals surface area contributed by atoms with Crippen molar-refractivity contribution in [2.45, 2.75) is 51.2 Å². The summed E-state index contributed by atoms with van der Waals surface area (Å²) < 4.78 is 5.93. The number of nitrogens with one attached hydrogen (secondary N) is 1. The second kappa shape index (κ2) is 8.57. The van der Waals surface area contributed by atoms with Gasteiger partial charge in [-0.05, 0) is 47.2 Å². The Hall–Kier alpha value is -2.33. The number of amides is 1. The van der Waals surface area contributed by atoms with Crippen molar-refractivity contribution in [3.8, 4) is 5.75 Å². The number of thiophene rings is 1. The summed E-state index contributed by atoms with van der Waals surface area (Å²) in [4.78, 5) is 13.3. The van der Waals surface area contributed by atoms with Crippen LogP contribution in [0, 0.1) is 0 Å². The van der Waals surface area contributed by atoms with Gasteiger partial charge in [-0.1, -0.05) is 56.0 Å². The molecule has 4 rings (SSSR count). The lowest BCUT2D eigenvalue weighted by Gasteiger charge is -2.15. The topological polar surface area (TPSA) is 38.3 Å². The Kier molecular flexibility index (Phi) is 5.73. The molecule has 2 aromatic carbocycles. The summed E-state index contributed by atoms with van der Waals surface area (Å²) in [5, 5.41) is 7.61. The monoisotopic (exact) mass is 379 g/mol. The van der Waals surface area contributed by atoms with Gasteiger partial charge in [0.1, 0.15) is 12.4 Å². The Morgan fingerprint density at radius 1 is 1.00 bits per heavy atom. The Balaban J connectivity index is 1.35. The van der Waals surface area contributed by atoms with Crippen molar-refractivity contribution < 1.29 is 9.53 Å². The van der Waals surface area contributed by atoms with Gasteiger partial charge in [-0.15, -0.1) is 11.3 Å². The van der Waals surface area contributed by atoms with E-state index in [1.165, 1.54) is 47.8 Å². The molecule has 3 nitrogen and oxygen atoms in total. The summed E-state index contributed by atoms with van der Waals surface area (Å²) in [6.45, 7) is 0.478. The molecule has 1 aliphatic rings. The molecule has 0 saturated heterocycles. The summed E-state index contributed by atoms with van der Waals surface area (Å²) in [5.74, 6) is 0.910. The number of rotatable bonds is 5. The van der Waals surface area contributed by atoms with E-state index in [1.807, 2.05) is 29.6 Å². The van der Waals surface area contributed by atoms with Gasteiger partial charge in [0.05, 0.1) is 4.88 Å². The highest BCUT2D eigenvalue weighted by Gasteiger charge is 2.17. The molecule has 1 amide bonds. The van der Waals surface area contributed by atoms with Crippen LogP contribution in [0.1, 0.15) is 53.8 Å². The van der Waals surface area contributed by atoms with Gasteiger partial charge in [0, 0.05) is 11.6 Å². The quantitative estimate of drug-likeness (QED) is 0.558. The fourth-order valence-electron chi connectivity index (χ4n) is 3.67. The fraction of sp³-hybridized carbons (Fsp3) is 0.348. The summed E-state index contributed by atoms with van der Waals surface area (Å²) in [6, 6.07) is 16.7. The van der Waals surface area contributed by atoms with E-state index in [0.29, 0.717) is 12.6 Å². The number of benzene rings is 2. The van der Waals surface area contributed by atoms with Gasteiger partial charge in [-0.25, -0.2) is 0 Å². The van der Waals surface area contributed by atoms with E-state index in [2.05, 4.69) is 29.6 Å². The van der Waals surface area contributed by atoms with Crippen LogP contribution in [0.25, 0.3) is 10.8 Å². The molecular weight excluding hydrogens is 354 g/mol. The fourth-order valence-corrected chi connectivity index (χ4v) is 4.47. The first-order valence-corrected chi connectivity index (χ1v) is 10.7. The van der Waals surface area contributed by atoms with Crippen LogP contribution in [0.15, 0.2) is 53.9 Å². The highest BCUT2D eigenvalue weighted by molar-refractivity contribution is 7.12. The zero-order valence-corrected chi connectivity index (χ0v) is 16.3. The molecule has 3 aromatic rings. The number of fused-ring (bicyclic) bond motifs is 1. The number of hydrogen-bond acceptors (Lipinski definition) is 3. The van der Waals surface area contributed by atoms with Gasteiger partial charge in [0.2, 0.25) is 0 Å². The smallest absolute Gasteiger partial charge is 0.261 e. The molecule has 0 radical (unpaired) electrons. The highest BCUT2D eigenvalue weighted by atomic mass is 32.1. The van der Waals surface area contributed by atoms with E-state index in [9.17, 15) is 4.79 Å². The molecular formula is C23H25NO2S. The predicted octanol–water partition coefficient (Wildman–Crippen LogP) is 5.93. The maximum absolute atomic E-state index is 12.5.